The Morgan fingerprint density at radius 1 is 1.18 bits per heavy atom. The molecule has 2 fully saturated rings. The smallest absolute Gasteiger partial charge is 0.323 e. The number of likely N-dealkylation sites (tertiary alicyclic amines) is 1. The van der Waals surface area contributed by atoms with E-state index in [-0.39, 0.29) is 11.9 Å². The van der Waals surface area contributed by atoms with E-state index in [1.807, 2.05) is 18.3 Å². The SMILES string of the molecule is O=C(O)C1CCN(C(=O)Nc2ccc(C3CCC3)cn2)CC1. The summed E-state index contributed by atoms with van der Waals surface area (Å²) in [6.07, 6.45) is 6.61. The number of aromatic nitrogens is 1. The number of aliphatic carboxylic acids is 1. The summed E-state index contributed by atoms with van der Waals surface area (Å²) in [6.45, 7) is 0.950. The second-order valence-electron chi connectivity index (χ2n) is 6.13. The van der Waals surface area contributed by atoms with Crippen LogP contribution in [-0.2, 0) is 4.79 Å². The Labute approximate surface area is 129 Å². The van der Waals surface area contributed by atoms with Crippen LogP contribution in [0.4, 0.5) is 10.6 Å². The molecule has 1 saturated carbocycles. The molecule has 0 radical (unpaired) electrons. The van der Waals surface area contributed by atoms with E-state index in [4.69, 9.17) is 5.11 Å². The highest BCUT2D eigenvalue weighted by molar-refractivity contribution is 5.88. The maximum atomic E-state index is 12.2. The maximum absolute atomic E-state index is 12.2. The van der Waals surface area contributed by atoms with Gasteiger partial charge in [-0.25, -0.2) is 9.78 Å². The maximum Gasteiger partial charge on any atom is 0.323 e. The molecule has 1 aliphatic carbocycles. The Kier molecular flexibility index (Phi) is 4.27. The van der Waals surface area contributed by atoms with Crippen LogP contribution >= 0.6 is 0 Å². The number of nitrogens with zero attached hydrogens (tertiary/aromatic N) is 2. The number of piperidine rings is 1. The zero-order valence-corrected chi connectivity index (χ0v) is 12.5. The third-order valence-electron chi connectivity index (χ3n) is 4.73. The summed E-state index contributed by atoms with van der Waals surface area (Å²) in [6, 6.07) is 3.67. The number of carbonyl (C=O) groups is 2. The normalized spacial score (nSPS) is 19.5. The van der Waals surface area contributed by atoms with Gasteiger partial charge in [-0.15, -0.1) is 0 Å². The monoisotopic (exact) mass is 303 g/mol. The van der Waals surface area contributed by atoms with E-state index < -0.39 is 5.97 Å². The van der Waals surface area contributed by atoms with E-state index in [2.05, 4.69) is 10.3 Å². The van der Waals surface area contributed by atoms with Crippen LogP contribution in [0, 0.1) is 5.92 Å². The Bertz CT molecular complexity index is 546. The first-order valence-electron chi connectivity index (χ1n) is 7.88. The van der Waals surface area contributed by atoms with Crippen LogP contribution in [0.15, 0.2) is 18.3 Å². The van der Waals surface area contributed by atoms with Crippen molar-refractivity contribution >= 4 is 17.8 Å². The van der Waals surface area contributed by atoms with Gasteiger partial charge in [-0.05, 0) is 43.2 Å². The van der Waals surface area contributed by atoms with Crippen molar-refractivity contribution in [3.8, 4) is 0 Å². The molecule has 1 saturated heterocycles. The van der Waals surface area contributed by atoms with Gasteiger partial charge in [0, 0.05) is 19.3 Å². The Hall–Kier alpha value is -2.11. The molecule has 3 rings (SSSR count). The van der Waals surface area contributed by atoms with Gasteiger partial charge in [0.2, 0.25) is 0 Å². The molecule has 1 aromatic rings. The largest absolute Gasteiger partial charge is 0.481 e. The zero-order valence-electron chi connectivity index (χ0n) is 12.5. The van der Waals surface area contributed by atoms with Crippen LogP contribution in [-0.4, -0.2) is 40.1 Å². The Morgan fingerprint density at radius 2 is 1.91 bits per heavy atom. The first kappa shape index (κ1) is 14.8. The van der Waals surface area contributed by atoms with E-state index in [9.17, 15) is 9.59 Å². The minimum atomic E-state index is -0.770. The number of hydrogen-bond acceptors (Lipinski definition) is 3. The van der Waals surface area contributed by atoms with Gasteiger partial charge in [-0.2, -0.15) is 0 Å². The van der Waals surface area contributed by atoms with E-state index in [0.717, 1.165) is 0 Å². The highest BCUT2D eigenvalue weighted by Gasteiger charge is 2.27. The number of carboxylic acid groups (broad SMARTS) is 1. The molecule has 0 bridgehead atoms. The molecule has 0 spiro atoms. The molecule has 1 aromatic heterocycles. The molecule has 6 heteroatoms. The number of anilines is 1. The zero-order chi connectivity index (χ0) is 15.5. The van der Waals surface area contributed by atoms with Crippen molar-refractivity contribution < 1.29 is 14.7 Å². The van der Waals surface area contributed by atoms with Crippen molar-refractivity contribution in [1.82, 2.24) is 9.88 Å². The first-order chi connectivity index (χ1) is 10.6. The van der Waals surface area contributed by atoms with Crippen molar-refractivity contribution in [2.24, 2.45) is 5.92 Å². The summed E-state index contributed by atoms with van der Waals surface area (Å²) < 4.78 is 0. The minimum Gasteiger partial charge on any atom is -0.481 e. The van der Waals surface area contributed by atoms with Crippen LogP contribution in [0.1, 0.15) is 43.6 Å². The third kappa shape index (κ3) is 3.21. The van der Waals surface area contributed by atoms with Crippen molar-refractivity contribution in [2.75, 3.05) is 18.4 Å². The molecule has 2 aliphatic rings. The quantitative estimate of drug-likeness (QED) is 0.899. The molecule has 2 heterocycles. The summed E-state index contributed by atoms with van der Waals surface area (Å²) in [4.78, 5) is 29.0. The lowest BCUT2D eigenvalue weighted by Crippen LogP contribution is -2.42. The predicted octanol–water partition coefficient (Wildman–Crippen LogP) is 2.68. The number of rotatable bonds is 3. The van der Waals surface area contributed by atoms with E-state index in [1.165, 1.54) is 24.8 Å². The lowest BCUT2D eigenvalue weighted by atomic mass is 9.81. The topological polar surface area (TPSA) is 82.5 Å². The summed E-state index contributed by atoms with van der Waals surface area (Å²) in [5.74, 6) is 0.0815. The lowest BCUT2D eigenvalue weighted by molar-refractivity contribution is -0.143. The van der Waals surface area contributed by atoms with E-state index in [1.54, 1.807) is 4.90 Å². The molecule has 0 unspecified atom stereocenters. The number of carboxylic acids is 1. The molecule has 2 amide bonds. The fourth-order valence-corrected chi connectivity index (χ4v) is 2.98. The second-order valence-corrected chi connectivity index (χ2v) is 6.13. The van der Waals surface area contributed by atoms with Gasteiger partial charge in [0.05, 0.1) is 5.92 Å². The van der Waals surface area contributed by atoms with Crippen molar-refractivity contribution in [3.63, 3.8) is 0 Å². The highest BCUT2D eigenvalue weighted by atomic mass is 16.4. The molecule has 0 atom stereocenters. The van der Waals surface area contributed by atoms with Crippen molar-refractivity contribution in [2.45, 2.75) is 38.0 Å². The number of pyridine rings is 1. The highest BCUT2D eigenvalue weighted by Crippen LogP contribution is 2.36. The molecule has 118 valence electrons. The van der Waals surface area contributed by atoms with Gasteiger partial charge in [-0.3, -0.25) is 10.1 Å². The van der Waals surface area contributed by atoms with Crippen LogP contribution in [0.3, 0.4) is 0 Å². The molecule has 2 N–H and O–H groups in total. The molecule has 1 aliphatic heterocycles. The fourth-order valence-electron chi connectivity index (χ4n) is 2.98. The minimum absolute atomic E-state index is 0.201. The second kappa shape index (κ2) is 6.34. The average Bonchev–Trinajstić information content (AvgIpc) is 2.47. The van der Waals surface area contributed by atoms with Crippen LogP contribution in [0.5, 0.6) is 0 Å². The number of nitrogens with one attached hydrogen (secondary N) is 1. The molecule has 6 nitrogen and oxygen atoms in total. The standard InChI is InChI=1S/C16H21N3O3/c20-15(21)12-6-8-19(9-7-12)16(22)18-14-5-4-13(10-17-14)11-2-1-3-11/h4-5,10-12H,1-3,6-9H2,(H,20,21)(H,17,18,22). The summed E-state index contributed by atoms with van der Waals surface area (Å²) in [7, 11) is 0. The number of carbonyl (C=O) groups excluding carboxylic acids is 1. The van der Waals surface area contributed by atoms with E-state index in [0.29, 0.717) is 37.7 Å². The molecular formula is C16H21N3O3. The van der Waals surface area contributed by atoms with Gasteiger partial charge in [-0.1, -0.05) is 12.5 Å². The molecular weight excluding hydrogens is 282 g/mol. The number of amides is 2. The third-order valence-corrected chi connectivity index (χ3v) is 4.73. The Balaban J connectivity index is 1.52. The fraction of sp³-hybridized carbons (Fsp3) is 0.562. The number of urea groups is 1. The van der Waals surface area contributed by atoms with Gasteiger partial charge < -0.3 is 10.0 Å². The predicted molar refractivity (Wildman–Crippen MR) is 81.8 cm³/mol. The van der Waals surface area contributed by atoms with Gasteiger partial charge in [0.25, 0.3) is 0 Å². The molecule has 22 heavy (non-hydrogen) atoms. The summed E-state index contributed by atoms with van der Waals surface area (Å²) >= 11 is 0. The van der Waals surface area contributed by atoms with Crippen molar-refractivity contribution in [3.05, 3.63) is 23.9 Å². The summed E-state index contributed by atoms with van der Waals surface area (Å²) in [5, 5.41) is 11.8. The Morgan fingerprint density at radius 3 is 2.41 bits per heavy atom. The molecule has 0 aromatic carbocycles. The van der Waals surface area contributed by atoms with Gasteiger partial charge in [0.1, 0.15) is 5.82 Å². The van der Waals surface area contributed by atoms with Crippen molar-refractivity contribution in [1.29, 1.82) is 0 Å². The van der Waals surface area contributed by atoms with Gasteiger partial charge >= 0.3 is 12.0 Å². The average molecular weight is 303 g/mol. The van der Waals surface area contributed by atoms with Crippen LogP contribution in [0.25, 0.3) is 0 Å². The summed E-state index contributed by atoms with van der Waals surface area (Å²) in [5.41, 5.74) is 1.24. The number of hydrogen-bond donors (Lipinski definition) is 2. The van der Waals surface area contributed by atoms with Crippen LogP contribution in [0.2, 0.25) is 0 Å². The van der Waals surface area contributed by atoms with E-state index >= 15 is 0 Å². The van der Waals surface area contributed by atoms with Gasteiger partial charge in [0.15, 0.2) is 0 Å². The van der Waals surface area contributed by atoms with Crippen LogP contribution < -0.4 is 5.32 Å². The first-order valence-corrected chi connectivity index (χ1v) is 7.88. The lowest BCUT2D eigenvalue weighted by Gasteiger charge is -2.30.